The first-order valence-corrected chi connectivity index (χ1v) is 16.8. The molecule has 0 saturated heterocycles. The predicted octanol–water partition coefficient (Wildman–Crippen LogP) is 8.69. The van der Waals surface area contributed by atoms with Crippen LogP contribution in [-0.2, 0) is 9.53 Å². The van der Waals surface area contributed by atoms with E-state index in [1.165, 1.54) is 7.11 Å². The number of carbonyl (C=O) groups excluding carboxylic acids is 2. The summed E-state index contributed by atoms with van der Waals surface area (Å²) < 4.78 is 8.05. The van der Waals surface area contributed by atoms with Gasteiger partial charge >= 0.3 is 6.09 Å². The Kier molecular flexibility index (Phi) is 9.54. The van der Waals surface area contributed by atoms with Crippen LogP contribution in [0.2, 0.25) is 10.2 Å². The average Bonchev–Trinajstić information content (AvgIpc) is 3.70. The molecule has 0 unspecified atom stereocenters. The number of nitrogens with one attached hydrogen (secondary N) is 2. The first kappa shape index (κ1) is 33.2. The van der Waals surface area contributed by atoms with Gasteiger partial charge in [-0.2, -0.15) is 0 Å². The first-order valence-electron chi connectivity index (χ1n) is 15.2. The molecule has 6 rings (SSSR count). The summed E-state index contributed by atoms with van der Waals surface area (Å²) in [5, 5.41) is 14.5. The zero-order chi connectivity index (χ0) is 34.1. The highest BCUT2D eigenvalue weighted by Crippen LogP contribution is 2.44. The molecule has 1 aliphatic heterocycles. The number of halogens is 2. The van der Waals surface area contributed by atoms with Crippen LogP contribution in [0, 0.1) is 5.92 Å². The number of hydrogen-bond donors (Lipinski definition) is 2. The summed E-state index contributed by atoms with van der Waals surface area (Å²) in [6.45, 7) is 8.07. The fourth-order valence-electron chi connectivity index (χ4n) is 5.86. The van der Waals surface area contributed by atoms with E-state index in [0.29, 0.717) is 52.5 Å². The zero-order valence-electron chi connectivity index (χ0n) is 26.4. The molecule has 4 heterocycles. The van der Waals surface area contributed by atoms with Gasteiger partial charge < -0.3 is 14.6 Å². The number of benzene rings is 2. The highest BCUT2D eigenvalue weighted by Gasteiger charge is 2.26. The van der Waals surface area contributed by atoms with Crippen LogP contribution in [0.5, 0.6) is 0 Å². The Hall–Kier alpha value is -4.71. The highest BCUT2D eigenvalue weighted by atomic mass is 35.5. The molecule has 0 saturated carbocycles. The van der Waals surface area contributed by atoms with Crippen LogP contribution in [0.4, 0.5) is 16.2 Å². The fraction of sp³-hybridized carbons (Fsp3) is 0.229. The monoisotopic (exact) mass is 702 g/mol. The van der Waals surface area contributed by atoms with Gasteiger partial charge in [-0.25, -0.2) is 9.48 Å². The fourth-order valence-corrected chi connectivity index (χ4v) is 7.39. The Bertz CT molecular complexity index is 2120. The Balaban J connectivity index is 1.46. The van der Waals surface area contributed by atoms with E-state index in [-0.39, 0.29) is 28.6 Å². The van der Waals surface area contributed by atoms with E-state index in [9.17, 15) is 14.4 Å². The Morgan fingerprint density at radius 2 is 1.88 bits per heavy atom. The number of anilines is 2. The van der Waals surface area contributed by atoms with E-state index in [1.54, 1.807) is 63.2 Å². The van der Waals surface area contributed by atoms with Gasteiger partial charge in [-0.15, -0.1) is 16.4 Å². The minimum absolute atomic E-state index is 0.136. The van der Waals surface area contributed by atoms with Crippen molar-refractivity contribution in [3.63, 3.8) is 0 Å². The summed E-state index contributed by atoms with van der Waals surface area (Å²) in [6, 6.07) is 15.9. The number of nitrogens with zero attached hydrogens (tertiary/aromatic N) is 4. The summed E-state index contributed by atoms with van der Waals surface area (Å²) in [7, 11) is 1.29. The summed E-state index contributed by atoms with van der Waals surface area (Å²) in [5.74, 6) is -0.432. The van der Waals surface area contributed by atoms with Crippen LogP contribution in [-0.4, -0.2) is 38.7 Å². The number of fused-ring (bicyclic) bond motifs is 4. The van der Waals surface area contributed by atoms with Crippen molar-refractivity contribution < 1.29 is 14.3 Å². The van der Waals surface area contributed by atoms with Crippen molar-refractivity contribution in [2.45, 2.75) is 39.2 Å². The van der Waals surface area contributed by atoms with Crippen molar-refractivity contribution in [3.05, 3.63) is 104 Å². The summed E-state index contributed by atoms with van der Waals surface area (Å²) in [5.41, 5.74) is 5.38. The largest absolute Gasteiger partial charge is 0.453 e. The van der Waals surface area contributed by atoms with Gasteiger partial charge in [0.05, 0.1) is 30.7 Å². The van der Waals surface area contributed by atoms with Gasteiger partial charge in [0.2, 0.25) is 5.91 Å². The number of allylic oxidation sites excluding steroid dienone is 1. The second-order valence-electron chi connectivity index (χ2n) is 11.7. The van der Waals surface area contributed by atoms with Gasteiger partial charge in [-0.1, -0.05) is 54.4 Å². The molecule has 246 valence electrons. The molecule has 13 heteroatoms. The van der Waals surface area contributed by atoms with Gasteiger partial charge in [0.15, 0.2) is 5.15 Å². The Labute approximate surface area is 291 Å². The molecule has 0 spiro atoms. The number of methoxy groups -OCH3 is 1. The first-order chi connectivity index (χ1) is 23.0. The van der Waals surface area contributed by atoms with Crippen LogP contribution in [0.3, 0.4) is 0 Å². The maximum atomic E-state index is 14.0. The van der Waals surface area contributed by atoms with E-state index in [1.807, 2.05) is 32.2 Å². The molecule has 2 N–H and O–H groups in total. The lowest BCUT2D eigenvalue weighted by atomic mass is 9.95. The van der Waals surface area contributed by atoms with E-state index in [0.717, 1.165) is 26.5 Å². The molecule has 0 fully saturated rings. The van der Waals surface area contributed by atoms with Gasteiger partial charge in [0, 0.05) is 55.3 Å². The molecular weight excluding hydrogens is 671 g/mol. The van der Waals surface area contributed by atoms with Crippen molar-refractivity contribution >= 4 is 63.5 Å². The average molecular weight is 704 g/mol. The van der Waals surface area contributed by atoms with Crippen molar-refractivity contribution in [2.75, 3.05) is 17.7 Å². The summed E-state index contributed by atoms with van der Waals surface area (Å²) in [4.78, 5) is 41.2. The highest BCUT2D eigenvalue weighted by molar-refractivity contribution is 7.13. The minimum Gasteiger partial charge on any atom is -0.453 e. The van der Waals surface area contributed by atoms with Crippen LogP contribution < -0.4 is 16.2 Å². The van der Waals surface area contributed by atoms with E-state index < -0.39 is 6.09 Å². The number of pyridine rings is 1. The molecule has 0 aliphatic carbocycles. The molecule has 2 bridgehead atoms. The normalized spacial score (nSPS) is 16.2. The van der Waals surface area contributed by atoms with Crippen LogP contribution in [0.15, 0.2) is 78.4 Å². The quantitative estimate of drug-likeness (QED) is 0.189. The third-order valence-corrected chi connectivity index (χ3v) is 10.1. The number of aromatic nitrogens is 4. The number of carbonyl (C=O) groups is 2. The standard InChI is InChI=1S/C35H32Cl2N6O4S/c1-19(2)33-26-17-30(48-33)29(7-5-6-20(3)34(45)39-27-16-23(9-10-24(26)27)38-35(46)47-4)42-13-12-21(14-32(42)44)25-15-22(36)8-11-28(25)43-18-31(37)40-41-43/h8-18,20,29H,1,5-7H2,2-4H3,(H,38,46)(H,39,45)/t20-,29+/m1/s1. The number of amides is 2. The minimum atomic E-state index is -0.614. The van der Waals surface area contributed by atoms with Gasteiger partial charge in [0.1, 0.15) is 0 Å². The predicted molar refractivity (Wildman–Crippen MR) is 191 cm³/mol. The number of hydrogen-bond acceptors (Lipinski definition) is 7. The van der Waals surface area contributed by atoms with E-state index in [2.05, 4.69) is 33.6 Å². The molecule has 48 heavy (non-hydrogen) atoms. The molecule has 2 aromatic carbocycles. The lowest BCUT2D eigenvalue weighted by Gasteiger charge is -2.21. The second kappa shape index (κ2) is 13.8. The maximum absolute atomic E-state index is 14.0. The van der Waals surface area contributed by atoms with Gasteiger partial charge in [-0.3, -0.25) is 14.9 Å². The van der Waals surface area contributed by atoms with Crippen LogP contribution >= 0.6 is 34.5 Å². The molecule has 10 nitrogen and oxygen atoms in total. The van der Waals surface area contributed by atoms with Crippen molar-refractivity contribution in [3.8, 4) is 27.9 Å². The van der Waals surface area contributed by atoms with Crippen LogP contribution in [0.25, 0.3) is 33.5 Å². The molecule has 2 atom stereocenters. The smallest absolute Gasteiger partial charge is 0.411 e. The van der Waals surface area contributed by atoms with Crippen molar-refractivity contribution in [1.82, 2.24) is 19.6 Å². The number of thiophene rings is 1. The third-order valence-electron chi connectivity index (χ3n) is 8.29. The molecule has 5 aromatic rings. The number of rotatable bonds is 5. The number of ether oxygens (including phenoxy) is 1. The van der Waals surface area contributed by atoms with Gasteiger partial charge in [-0.05, 0) is 73.4 Å². The summed E-state index contributed by atoms with van der Waals surface area (Å²) in [6.07, 6.45) is 4.73. The van der Waals surface area contributed by atoms with E-state index >= 15 is 0 Å². The summed E-state index contributed by atoms with van der Waals surface area (Å²) >= 11 is 14.0. The Morgan fingerprint density at radius 1 is 1.06 bits per heavy atom. The van der Waals surface area contributed by atoms with Crippen molar-refractivity contribution in [2.24, 2.45) is 5.92 Å². The molecule has 3 aromatic heterocycles. The zero-order valence-corrected chi connectivity index (χ0v) is 28.7. The van der Waals surface area contributed by atoms with Gasteiger partial charge in [0.25, 0.3) is 5.56 Å². The lowest BCUT2D eigenvalue weighted by Crippen LogP contribution is -2.25. The van der Waals surface area contributed by atoms with E-state index in [4.69, 9.17) is 27.9 Å². The second-order valence-corrected chi connectivity index (χ2v) is 13.6. The Morgan fingerprint density at radius 3 is 2.58 bits per heavy atom. The molecule has 1 aliphatic rings. The molecule has 2 amide bonds. The maximum Gasteiger partial charge on any atom is 0.411 e. The third kappa shape index (κ3) is 6.80. The topological polar surface area (TPSA) is 120 Å². The van der Waals surface area contributed by atoms with Crippen molar-refractivity contribution in [1.29, 1.82) is 0 Å². The van der Waals surface area contributed by atoms with Crippen LogP contribution in [0.1, 0.15) is 48.9 Å². The lowest BCUT2D eigenvalue weighted by molar-refractivity contribution is -0.119. The molecule has 0 radical (unpaired) electrons. The SMILES string of the molecule is C=C(C)c1sc2cc1-c1ccc(NC(=O)OC)cc1NC(=O)[C@H](C)CCC[C@@H]2n1ccc(-c2cc(Cl)ccc2-n2cc(Cl)nn2)cc1=O. The molecular formula is C35H32Cl2N6O4S.